The monoisotopic (exact) mass is 627 g/mol. The highest BCUT2D eigenvalue weighted by Gasteiger charge is 2.32. The minimum Gasteiger partial charge on any atom is -0.478 e. The van der Waals surface area contributed by atoms with Crippen molar-refractivity contribution < 1.29 is 45.7 Å². The van der Waals surface area contributed by atoms with Gasteiger partial charge >= 0.3 is 18.5 Å². The van der Waals surface area contributed by atoms with Crippen LogP contribution < -0.4 is 9.47 Å². The van der Waals surface area contributed by atoms with Crippen molar-refractivity contribution in [3.8, 4) is 22.1 Å². The molecule has 0 aliphatic heterocycles. The molecule has 0 saturated heterocycles. The topological polar surface area (TPSA) is 68.7 Å². The quantitative estimate of drug-likeness (QED) is 0.140. The fraction of sp³-hybridized carbons (Fsp3) is 0.241. The summed E-state index contributed by atoms with van der Waals surface area (Å²) in [4.78, 5) is 17.7. The lowest BCUT2D eigenvalue weighted by atomic mass is 10.1. The molecule has 0 saturated carbocycles. The normalized spacial score (nSPS) is 12.3. The van der Waals surface area contributed by atoms with E-state index < -0.39 is 29.7 Å². The number of rotatable bonds is 10. The van der Waals surface area contributed by atoms with Gasteiger partial charge in [-0.1, -0.05) is 24.3 Å². The molecule has 222 valence electrons. The summed E-state index contributed by atoms with van der Waals surface area (Å²) >= 11 is 2.77. The van der Waals surface area contributed by atoms with Gasteiger partial charge in [-0.25, -0.2) is 9.78 Å². The highest BCUT2D eigenvalue weighted by atomic mass is 32.2. The number of carbonyl (C=O) groups is 1. The van der Waals surface area contributed by atoms with Crippen LogP contribution >= 0.6 is 23.1 Å². The van der Waals surface area contributed by atoms with Crippen molar-refractivity contribution in [2.45, 2.75) is 49.1 Å². The molecule has 0 aliphatic carbocycles. The zero-order valence-electron chi connectivity index (χ0n) is 22.0. The van der Waals surface area contributed by atoms with Crippen molar-refractivity contribution in [1.82, 2.24) is 4.98 Å². The summed E-state index contributed by atoms with van der Waals surface area (Å²) in [5.41, 5.74) is -0.378. The summed E-state index contributed by atoms with van der Waals surface area (Å²) < 4.78 is 86.1. The van der Waals surface area contributed by atoms with Crippen LogP contribution in [0.2, 0.25) is 0 Å². The van der Waals surface area contributed by atoms with E-state index in [0.29, 0.717) is 33.3 Å². The molecule has 4 aromatic rings. The van der Waals surface area contributed by atoms with E-state index in [9.17, 15) is 36.2 Å². The molecular weight excluding hydrogens is 604 g/mol. The summed E-state index contributed by atoms with van der Waals surface area (Å²) in [6.07, 6.45) is -9.01. The number of ether oxygens (including phenoxy) is 2. The van der Waals surface area contributed by atoms with E-state index >= 15 is 0 Å². The predicted molar refractivity (Wildman–Crippen MR) is 147 cm³/mol. The molecule has 5 nitrogen and oxygen atoms in total. The number of hydrogen-bond acceptors (Lipinski definition) is 6. The van der Waals surface area contributed by atoms with Gasteiger partial charge < -0.3 is 14.6 Å². The fourth-order valence-corrected chi connectivity index (χ4v) is 5.74. The smallest absolute Gasteiger partial charge is 0.478 e. The van der Waals surface area contributed by atoms with Crippen molar-refractivity contribution in [2.75, 3.05) is 0 Å². The number of aliphatic carboxylic acids is 1. The van der Waals surface area contributed by atoms with Crippen LogP contribution in [0.4, 0.5) is 26.3 Å². The first-order chi connectivity index (χ1) is 19.6. The average molecular weight is 628 g/mol. The van der Waals surface area contributed by atoms with Gasteiger partial charge in [0.1, 0.15) is 16.5 Å². The molecule has 0 atom stereocenters. The Labute approximate surface area is 245 Å². The van der Waals surface area contributed by atoms with Crippen LogP contribution in [-0.4, -0.2) is 28.0 Å². The zero-order chi connectivity index (χ0) is 30.7. The maximum absolute atomic E-state index is 13.0. The first kappa shape index (κ1) is 31.2. The van der Waals surface area contributed by atoms with Gasteiger partial charge in [-0.05, 0) is 67.9 Å². The Kier molecular flexibility index (Phi) is 9.12. The second-order valence-electron chi connectivity index (χ2n) is 9.51. The average Bonchev–Trinajstić information content (AvgIpc) is 3.30. The van der Waals surface area contributed by atoms with Crippen molar-refractivity contribution in [3.63, 3.8) is 0 Å². The SMILES string of the molecule is CC(C)(Oc1ccc(SCc2sc(-c3ccc(C(F)(F)F)cc3)nc2Cc2ccc(OC(F)(F)F)cc2)cc1)C(=O)O. The first-order valence-electron chi connectivity index (χ1n) is 12.3. The van der Waals surface area contributed by atoms with E-state index in [2.05, 4.69) is 9.72 Å². The molecule has 0 spiro atoms. The Morgan fingerprint density at radius 2 is 1.43 bits per heavy atom. The minimum absolute atomic E-state index is 0.274. The number of thiazole rings is 1. The van der Waals surface area contributed by atoms with Gasteiger partial charge in [-0.15, -0.1) is 36.3 Å². The van der Waals surface area contributed by atoms with E-state index in [4.69, 9.17) is 4.74 Å². The predicted octanol–water partition coefficient (Wildman–Crippen LogP) is 8.85. The highest BCUT2D eigenvalue weighted by Crippen LogP contribution is 2.36. The van der Waals surface area contributed by atoms with Crippen molar-refractivity contribution >= 4 is 29.1 Å². The summed E-state index contributed by atoms with van der Waals surface area (Å²) in [6.45, 7) is 2.88. The highest BCUT2D eigenvalue weighted by molar-refractivity contribution is 7.98. The third-order valence-corrected chi connectivity index (χ3v) is 8.22. The van der Waals surface area contributed by atoms with E-state index in [1.54, 1.807) is 24.3 Å². The molecule has 4 rings (SSSR count). The summed E-state index contributed by atoms with van der Waals surface area (Å²) in [6, 6.07) is 16.9. The summed E-state index contributed by atoms with van der Waals surface area (Å²) in [5.74, 6) is -0.633. The maximum atomic E-state index is 13.0. The Morgan fingerprint density at radius 1 is 0.857 bits per heavy atom. The van der Waals surface area contributed by atoms with Crippen molar-refractivity contribution in [1.29, 1.82) is 0 Å². The Hall–Kier alpha value is -3.71. The fourth-order valence-electron chi connectivity index (χ4n) is 3.65. The van der Waals surface area contributed by atoms with Crippen LogP contribution in [-0.2, 0) is 23.1 Å². The molecule has 42 heavy (non-hydrogen) atoms. The van der Waals surface area contributed by atoms with E-state index in [1.165, 1.54) is 73.3 Å². The third kappa shape index (κ3) is 8.41. The lowest BCUT2D eigenvalue weighted by molar-refractivity contribution is -0.274. The number of benzene rings is 3. The number of thioether (sulfide) groups is 1. The molecule has 1 heterocycles. The summed E-state index contributed by atoms with van der Waals surface area (Å²) in [5, 5.41) is 9.76. The zero-order valence-corrected chi connectivity index (χ0v) is 23.7. The van der Waals surface area contributed by atoms with Crippen LogP contribution in [0.25, 0.3) is 10.6 Å². The number of aromatic nitrogens is 1. The lowest BCUT2D eigenvalue weighted by Crippen LogP contribution is -2.37. The standard InChI is InChI=1S/C29H23F6NO4S2/c1-27(2,26(37)38)39-20-11-13-22(14-12-20)41-16-24-23(15-17-3-9-21(10-4-17)40-29(33,34)35)36-25(42-24)18-5-7-19(8-6-18)28(30,31)32/h3-14H,15-16H2,1-2H3,(H,37,38). The van der Waals surface area contributed by atoms with Gasteiger partial charge in [-0.3, -0.25) is 0 Å². The molecule has 0 amide bonds. The van der Waals surface area contributed by atoms with E-state index in [0.717, 1.165) is 21.9 Å². The Bertz CT molecular complexity index is 1510. The van der Waals surface area contributed by atoms with Gasteiger partial charge in [0.2, 0.25) is 0 Å². The van der Waals surface area contributed by atoms with E-state index in [-0.39, 0.29) is 12.2 Å². The molecule has 3 aromatic carbocycles. The summed E-state index contributed by atoms with van der Waals surface area (Å²) in [7, 11) is 0. The molecular formula is C29H23F6NO4S2. The van der Waals surface area contributed by atoms with Gasteiger partial charge in [-0.2, -0.15) is 13.2 Å². The molecule has 1 aromatic heterocycles. The first-order valence-corrected chi connectivity index (χ1v) is 14.1. The number of nitrogens with zero attached hydrogens (tertiary/aromatic N) is 1. The number of carboxylic acid groups (broad SMARTS) is 1. The van der Waals surface area contributed by atoms with E-state index in [1.807, 2.05) is 0 Å². The van der Waals surface area contributed by atoms with Gasteiger partial charge in [0.25, 0.3) is 0 Å². The van der Waals surface area contributed by atoms with Crippen LogP contribution in [0.5, 0.6) is 11.5 Å². The molecule has 0 unspecified atom stereocenters. The van der Waals surface area contributed by atoms with Gasteiger partial charge in [0, 0.05) is 27.5 Å². The largest absolute Gasteiger partial charge is 0.573 e. The Balaban J connectivity index is 1.55. The number of hydrogen-bond donors (Lipinski definition) is 1. The lowest BCUT2D eigenvalue weighted by Gasteiger charge is -2.21. The molecule has 0 fully saturated rings. The van der Waals surface area contributed by atoms with Crippen molar-refractivity contribution in [3.05, 3.63) is 94.5 Å². The van der Waals surface area contributed by atoms with Gasteiger partial charge in [0.05, 0.1) is 11.3 Å². The Morgan fingerprint density at radius 3 is 1.98 bits per heavy atom. The maximum Gasteiger partial charge on any atom is 0.573 e. The number of alkyl halides is 6. The van der Waals surface area contributed by atoms with Crippen LogP contribution in [0.15, 0.2) is 77.7 Å². The molecule has 1 N–H and O–H groups in total. The molecule has 0 bridgehead atoms. The van der Waals surface area contributed by atoms with Crippen LogP contribution in [0.3, 0.4) is 0 Å². The second kappa shape index (κ2) is 12.3. The molecule has 13 heteroatoms. The van der Waals surface area contributed by atoms with Crippen molar-refractivity contribution in [2.24, 2.45) is 0 Å². The minimum atomic E-state index is -4.81. The number of halogens is 6. The second-order valence-corrected chi connectivity index (χ2v) is 11.6. The van der Waals surface area contributed by atoms with Crippen LogP contribution in [0.1, 0.15) is 35.5 Å². The molecule has 0 aliphatic rings. The number of carboxylic acids is 1. The van der Waals surface area contributed by atoms with Gasteiger partial charge in [0.15, 0.2) is 5.60 Å². The van der Waals surface area contributed by atoms with Crippen LogP contribution in [0, 0.1) is 0 Å². The molecule has 0 radical (unpaired) electrons. The third-order valence-electron chi connectivity index (χ3n) is 5.85.